The van der Waals surface area contributed by atoms with Gasteiger partial charge in [-0.05, 0) is 0 Å². The van der Waals surface area contributed by atoms with Gasteiger partial charge in [-0.1, -0.05) is 0 Å². The van der Waals surface area contributed by atoms with Gasteiger partial charge in [-0.3, -0.25) is 0 Å². The average molecular weight is 125 g/mol. The SMILES string of the molecule is OCC[O][AlH][Cl]. The summed E-state index contributed by atoms with van der Waals surface area (Å²) in [7, 11) is 5.19. The maximum absolute atomic E-state index is 8.04. The van der Waals surface area contributed by atoms with Crippen LogP contribution >= 0.6 is 10.0 Å². The van der Waals surface area contributed by atoms with Crippen LogP contribution in [0.1, 0.15) is 0 Å². The molecule has 0 aromatic rings. The zero-order chi connectivity index (χ0) is 4.83. The summed E-state index contributed by atoms with van der Waals surface area (Å²) in [5.74, 6) is 0. The smallest absolute Gasteiger partial charge is 0.490 e. The number of aliphatic hydroxyl groups excluding tert-OH is 1. The fraction of sp³-hybridized carbons (Fsp3) is 1.00. The van der Waals surface area contributed by atoms with Crippen molar-refractivity contribution in [3.05, 3.63) is 0 Å². The lowest BCUT2D eigenvalue weighted by atomic mass is 10.8. The van der Waals surface area contributed by atoms with E-state index in [2.05, 4.69) is 3.79 Å². The van der Waals surface area contributed by atoms with Gasteiger partial charge in [0.05, 0.1) is 6.61 Å². The molecule has 0 amide bonds. The molecule has 4 heteroatoms. The van der Waals surface area contributed by atoms with Crippen LogP contribution in [0.25, 0.3) is 0 Å². The van der Waals surface area contributed by atoms with E-state index in [1.165, 1.54) is 0 Å². The lowest BCUT2D eigenvalue weighted by Crippen LogP contribution is -1.97. The summed E-state index contributed by atoms with van der Waals surface area (Å²) in [6, 6.07) is 0. The Balaban J connectivity index is 2.34. The molecule has 0 bridgehead atoms. The van der Waals surface area contributed by atoms with Gasteiger partial charge in [0.1, 0.15) is 0 Å². The Morgan fingerprint density at radius 2 is 2.50 bits per heavy atom. The zero-order valence-corrected chi connectivity index (χ0v) is 5.52. The molecule has 0 saturated heterocycles. The Bertz CT molecular complexity index is 23.5. The monoisotopic (exact) mass is 124 g/mol. The van der Waals surface area contributed by atoms with Crippen LogP contribution in [0.15, 0.2) is 0 Å². The van der Waals surface area contributed by atoms with Crippen LogP contribution in [0.3, 0.4) is 0 Å². The summed E-state index contributed by atoms with van der Waals surface area (Å²) in [5, 5.41) is 8.04. The molecular formula is C2H6AlClO2. The van der Waals surface area contributed by atoms with Crippen molar-refractivity contribution in [3.8, 4) is 0 Å². The third-order valence-corrected chi connectivity index (χ3v) is 1.22. The van der Waals surface area contributed by atoms with Crippen LogP contribution in [0.4, 0.5) is 0 Å². The molecule has 0 aliphatic heterocycles. The zero-order valence-electron chi connectivity index (χ0n) is 3.35. The first kappa shape index (κ1) is 6.74. The number of rotatable bonds is 3. The molecule has 0 rings (SSSR count). The first-order valence-electron chi connectivity index (χ1n) is 1.66. The second kappa shape index (κ2) is 5.74. The molecule has 0 heterocycles. The molecular weight excluding hydrogens is 118 g/mol. The normalized spacial score (nSPS) is 8.33. The summed E-state index contributed by atoms with van der Waals surface area (Å²) in [6.07, 6.45) is 0. The third kappa shape index (κ3) is 4.74. The summed E-state index contributed by atoms with van der Waals surface area (Å²) in [5.41, 5.74) is 0. The van der Waals surface area contributed by atoms with Gasteiger partial charge in [0.15, 0.2) is 0 Å². The molecule has 0 aliphatic carbocycles. The van der Waals surface area contributed by atoms with Gasteiger partial charge < -0.3 is 8.90 Å². The van der Waals surface area contributed by atoms with Crippen LogP contribution in [-0.4, -0.2) is 33.0 Å². The van der Waals surface area contributed by atoms with Crippen molar-refractivity contribution < 1.29 is 8.90 Å². The Labute approximate surface area is 47.3 Å². The van der Waals surface area contributed by atoms with Crippen LogP contribution in [0, 0.1) is 0 Å². The number of halogens is 1. The van der Waals surface area contributed by atoms with E-state index in [0.717, 1.165) is 0 Å². The topological polar surface area (TPSA) is 29.5 Å². The average Bonchev–Trinajstić information content (AvgIpc) is 1.61. The Morgan fingerprint density at radius 3 is 2.67 bits per heavy atom. The summed E-state index contributed by atoms with van der Waals surface area (Å²) in [6.45, 7) is 0.482. The second-order valence-corrected chi connectivity index (χ2v) is 2.02. The van der Waals surface area contributed by atoms with Crippen LogP contribution in [-0.2, 0) is 3.79 Å². The van der Waals surface area contributed by atoms with E-state index in [9.17, 15) is 0 Å². The van der Waals surface area contributed by atoms with E-state index in [4.69, 9.17) is 15.2 Å². The number of aliphatic hydroxyl groups is 1. The fourth-order valence-electron chi connectivity index (χ4n) is 0.119. The summed E-state index contributed by atoms with van der Waals surface area (Å²) < 4.78 is 4.64. The van der Waals surface area contributed by atoms with Gasteiger partial charge in [-0.25, -0.2) is 10.0 Å². The van der Waals surface area contributed by atoms with Crippen molar-refractivity contribution in [1.29, 1.82) is 0 Å². The molecule has 0 aliphatic rings. The van der Waals surface area contributed by atoms with Crippen molar-refractivity contribution in [2.24, 2.45) is 0 Å². The fourth-order valence-corrected chi connectivity index (χ4v) is 0.685. The van der Waals surface area contributed by atoms with Crippen LogP contribution in [0.5, 0.6) is 0 Å². The Morgan fingerprint density at radius 1 is 1.83 bits per heavy atom. The summed E-state index contributed by atoms with van der Waals surface area (Å²) >= 11 is -0.785. The largest absolute Gasteiger partial charge is 0.566 e. The van der Waals surface area contributed by atoms with Crippen LogP contribution in [0.2, 0.25) is 0 Å². The van der Waals surface area contributed by atoms with Crippen molar-refractivity contribution in [2.75, 3.05) is 13.2 Å². The molecule has 0 fully saturated rings. The van der Waals surface area contributed by atoms with E-state index in [0.29, 0.717) is 6.61 Å². The van der Waals surface area contributed by atoms with E-state index in [1.807, 2.05) is 0 Å². The van der Waals surface area contributed by atoms with Gasteiger partial charge in [0, 0.05) is 6.61 Å². The molecule has 0 aromatic carbocycles. The van der Waals surface area contributed by atoms with Crippen molar-refractivity contribution in [2.45, 2.75) is 0 Å². The molecule has 0 radical (unpaired) electrons. The maximum Gasteiger partial charge on any atom is 0.566 e. The highest BCUT2D eigenvalue weighted by molar-refractivity contribution is 6.89. The molecule has 6 heavy (non-hydrogen) atoms. The molecule has 0 atom stereocenters. The molecule has 0 unspecified atom stereocenters. The Kier molecular flexibility index (Phi) is 6.45. The Hall–Kier alpha value is 0.742. The van der Waals surface area contributed by atoms with Crippen LogP contribution < -0.4 is 0 Å². The standard InChI is InChI=1S/C2H5O2.Al.ClH.H/c3-1-2-4;;;/h3H,1-2H2;;1H;/q-1;+2;;/p-1. The van der Waals surface area contributed by atoms with Gasteiger partial charge in [0.25, 0.3) is 0 Å². The quantitative estimate of drug-likeness (QED) is 0.406. The van der Waals surface area contributed by atoms with E-state index >= 15 is 0 Å². The minimum absolute atomic E-state index is 0.0831. The van der Waals surface area contributed by atoms with E-state index in [-0.39, 0.29) is 6.61 Å². The maximum atomic E-state index is 8.04. The minimum Gasteiger partial charge on any atom is -0.490 e. The molecule has 1 N–H and O–H groups in total. The third-order valence-electron chi connectivity index (χ3n) is 0.313. The number of hydrogen-bond donors (Lipinski definition) is 1. The predicted octanol–water partition coefficient (Wildman–Crippen LogP) is -0.499. The molecule has 0 saturated carbocycles. The second-order valence-electron chi connectivity index (χ2n) is 0.741. The number of hydrogen-bond acceptors (Lipinski definition) is 2. The molecule has 0 aromatic heterocycles. The highest BCUT2D eigenvalue weighted by atomic mass is 35.6. The minimum atomic E-state index is -0.785. The van der Waals surface area contributed by atoms with Crippen molar-refractivity contribution in [3.63, 3.8) is 0 Å². The lowest BCUT2D eigenvalue weighted by Gasteiger charge is -1.89. The first-order chi connectivity index (χ1) is 2.91. The lowest BCUT2D eigenvalue weighted by molar-refractivity contribution is 0.210. The van der Waals surface area contributed by atoms with Gasteiger partial charge in [-0.2, -0.15) is 0 Å². The predicted molar refractivity (Wildman–Crippen MR) is 26.0 cm³/mol. The van der Waals surface area contributed by atoms with Crippen molar-refractivity contribution in [1.82, 2.24) is 0 Å². The van der Waals surface area contributed by atoms with Crippen molar-refractivity contribution >= 4 is 24.7 Å². The van der Waals surface area contributed by atoms with E-state index < -0.39 is 14.6 Å². The van der Waals surface area contributed by atoms with E-state index in [1.54, 1.807) is 0 Å². The molecule has 2 nitrogen and oxygen atoms in total. The summed E-state index contributed by atoms with van der Waals surface area (Å²) in [4.78, 5) is 0. The van der Waals surface area contributed by atoms with Gasteiger partial charge in [-0.15, -0.1) is 0 Å². The highest BCUT2D eigenvalue weighted by Crippen LogP contribution is 1.70. The van der Waals surface area contributed by atoms with Gasteiger partial charge >= 0.3 is 14.6 Å². The first-order valence-corrected chi connectivity index (χ1v) is 4.38. The van der Waals surface area contributed by atoms with Gasteiger partial charge in [0.2, 0.25) is 0 Å². The molecule has 0 spiro atoms. The highest BCUT2D eigenvalue weighted by Gasteiger charge is 1.82. The molecule has 36 valence electrons.